The monoisotopic (exact) mass is 329 g/mol. The average Bonchev–Trinajstić information content (AvgIpc) is 2.71. The topological polar surface area (TPSA) is 20.3 Å². The van der Waals surface area contributed by atoms with E-state index in [0.29, 0.717) is 11.8 Å². The van der Waals surface area contributed by atoms with E-state index in [0.717, 1.165) is 17.4 Å². The molecule has 86 valence electrons. The van der Waals surface area contributed by atoms with E-state index in [4.69, 9.17) is 0 Å². The molecule has 0 radical (unpaired) electrons. The van der Waals surface area contributed by atoms with E-state index in [9.17, 15) is 4.79 Å². The molecule has 2 nitrogen and oxygen atoms in total. The Morgan fingerprint density at radius 3 is 2.69 bits per heavy atom. The molecule has 1 aromatic rings. The summed E-state index contributed by atoms with van der Waals surface area (Å²) in [4.78, 5) is 13.9. The minimum atomic E-state index is 0.210. The Labute approximate surface area is 110 Å². The van der Waals surface area contributed by atoms with Gasteiger partial charge in [0.25, 0.3) is 0 Å². The van der Waals surface area contributed by atoms with Gasteiger partial charge in [-0.2, -0.15) is 0 Å². The minimum Gasteiger partial charge on any atom is -0.336 e. The highest BCUT2D eigenvalue weighted by Gasteiger charge is 2.32. The van der Waals surface area contributed by atoms with Crippen LogP contribution in [0.25, 0.3) is 0 Å². The molecule has 1 aliphatic rings. The lowest BCUT2D eigenvalue weighted by Gasteiger charge is -2.25. The first-order chi connectivity index (χ1) is 7.72. The molecule has 0 aromatic heterocycles. The number of halogens is 1. The summed E-state index contributed by atoms with van der Waals surface area (Å²) < 4.78 is 1.07. The van der Waals surface area contributed by atoms with Crippen LogP contribution < -0.4 is 0 Å². The Bertz CT molecular complexity index is 365. The van der Waals surface area contributed by atoms with E-state index in [1.54, 1.807) is 0 Å². The lowest BCUT2D eigenvalue weighted by molar-refractivity contribution is -0.129. The van der Waals surface area contributed by atoms with Crippen LogP contribution in [0.15, 0.2) is 30.3 Å². The van der Waals surface area contributed by atoms with Gasteiger partial charge in [-0.25, -0.2) is 0 Å². The Balaban J connectivity index is 2.11. The first-order valence-electron chi connectivity index (χ1n) is 5.62. The summed E-state index contributed by atoms with van der Waals surface area (Å²) in [7, 11) is 0. The Kier molecular flexibility index (Phi) is 3.84. The van der Waals surface area contributed by atoms with Crippen LogP contribution in [0.5, 0.6) is 0 Å². The quantitative estimate of drug-likeness (QED) is 0.617. The summed E-state index contributed by atoms with van der Waals surface area (Å²) in [6, 6.07) is 10.5. The van der Waals surface area contributed by atoms with Crippen LogP contribution >= 0.6 is 22.6 Å². The number of hydrogen-bond acceptors (Lipinski definition) is 1. The van der Waals surface area contributed by atoms with Crippen molar-refractivity contribution < 1.29 is 4.79 Å². The molecular formula is C13H16INO. The number of amides is 1. The van der Waals surface area contributed by atoms with Crippen LogP contribution in [0.4, 0.5) is 0 Å². The van der Waals surface area contributed by atoms with Gasteiger partial charge < -0.3 is 4.90 Å². The number of alkyl halides is 1. The maximum Gasteiger partial charge on any atom is 0.223 e. The molecule has 3 heteroatoms. The average molecular weight is 329 g/mol. The van der Waals surface area contributed by atoms with E-state index < -0.39 is 0 Å². The fourth-order valence-electron chi connectivity index (χ4n) is 2.20. The number of rotatable bonds is 3. The molecule has 1 fully saturated rings. The van der Waals surface area contributed by atoms with Crippen molar-refractivity contribution in [3.05, 3.63) is 35.9 Å². The fraction of sp³-hybridized carbons (Fsp3) is 0.462. The van der Waals surface area contributed by atoms with Gasteiger partial charge in [0, 0.05) is 17.4 Å². The number of benzene rings is 1. The molecule has 2 atom stereocenters. The van der Waals surface area contributed by atoms with Crippen LogP contribution in [0, 0.1) is 5.92 Å². The summed E-state index contributed by atoms with van der Waals surface area (Å²) in [5, 5.41) is 0. The highest BCUT2D eigenvalue weighted by atomic mass is 127. The summed E-state index contributed by atoms with van der Waals surface area (Å²) in [5.41, 5.74) is 1.23. The van der Waals surface area contributed by atoms with E-state index in [-0.39, 0.29) is 6.04 Å². The van der Waals surface area contributed by atoms with Crippen molar-refractivity contribution in [3.63, 3.8) is 0 Å². The van der Waals surface area contributed by atoms with Gasteiger partial charge in [0.05, 0.1) is 6.04 Å². The summed E-state index contributed by atoms with van der Waals surface area (Å²) in [5.74, 6) is 0.845. The molecule has 1 aliphatic heterocycles. The molecule has 0 saturated carbocycles. The molecule has 0 aliphatic carbocycles. The van der Waals surface area contributed by atoms with Crippen molar-refractivity contribution in [2.24, 2.45) is 5.92 Å². The maximum absolute atomic E-state index is 11.9. The second-order valence-corrected chi connectivity index (χ2v) is 5.24. The molecule has 2 rings (SSSR count). The second kappa shape index (κ2) is 5.17. The lowest BCUT2D eigenvalue weighted by atomic mass is 10.1. The van der Waals surface area contributed by atoms with Crippen LogP contribution in [-0.4, -0.2) is 21.8 Å². The van der Waals surface area contributed by atoms with Gasteiger partial charge in [0.15, 0.2) is 0 Å². The standard InChI is InChI=1S/C13H16INO/c1-10(12-5-3-2-4-6-12)15-9-11(8-14)7-13(15)16/h2-6,10-11H,7-9H2,1H3/t10-,11+/m0/s1. The number of nitrogens with zero attached hydrogens (tertiary/aromatic N) is 1. The van der Waals surface area contributed by atoms with Crippen LogP contribution in [0.3, 0.4) is 0 Å². The summed E-state index contributed by atoms with van der Waals surface area (Å²) >= 11 is 2.37. The lowest BCUT2D eigenvalue weighted by Crippen LogP contribution is -2.28. The van der Waals surface area contributed by atoms with Crippen molar-refractivity contribution in [2.75, 3.05) is 11.0 Å². The van der Waals surface area contributed by atoms with Crippen LogP contribution in [0.1, 0.15) is 24.9 Å². The van der Waals surface area contributed by atoms with Crippen molar-refractivity contribution >= 4 is 28.5 Å². The maximum atomic E-state index is 11.9. The van der Waals surface area contributed by atoms with Gasteiger partial charge >= 0.3 is 0 Å². The molecule has 0 unspecified atom stereocenters. The Hall–Kier alpha value is -0.580. The van der Waals surface area contributed by atoms with Gasteiger partial charge in [0.1, 0.15) is 0 Å². The summed E-state index contributed by atoms with van der Waals surface area (Å²) in [6.45, 7) is 3.03. The second-order valence-electron chi connectivity index (χ2n) is 4.36. The van der Waals surface area contributed by atoms with Crippen molar-refractivity contribution in [1.82, 2.24) is 4.90 Å². The van der Waals surface area contributed by atoms with Crippen LogP contribution in [0.2, 0.25) is 0 Å². The number of hydrogen-bond donors (Lipinski definition) is 0. The van der Waals surface area contributed by atoms with Gasteiger partial charge in [0.2, 0.25) is 5.91 Å². The highest BCUT2D eigenvalue weighted by molar-refractivity contribution is 14.1. The van der Waals surface area contributed by atoms with Gasteiger partial charge in [-0.15, -0.1) is 0 Å². The predicted octanol–water partition coefficient (Wildman–Crippen LogP) is 3.03. The zero-order chi connectivity index (χ0) is 11.5. The third-order valence-corrected chi connectivity index (χ3v) is 4.45. The minimum absolute atomic E-state index is 0.210. The Morgan fingerprint density at radius 1 is 1.44 bits per heavy atom. The molecule has 0 bridgehead atoms. The molecule has 1 amide bonds. The fourth-order valence-corrected chi connectivity index (χ4v) is 2.79. The van der Waals surface area contributed by atoms with Crippen molar-refractivity contribution in [3.8, 4) is 0 Å². The normalized spacial score (nSPS) is 22.5. The summed E-state index contributed by atoms with van der Waals surface area (Å²) in [6.07, 6.45) is 0.722. The zero-order valence-electron chi connectivity index (χ0n) is 9.40. The first kappa shape index (κ1) is 11.9. The third-order valence-electron chi connectivity index (χ3n) is 3.21. The van der Waals surface area contributed by atoms with E-state index >= 15 is 0 Å². The number of carbonyl (C=O) groups is 1. The molecule has 0 spiro atoms. The smallest absolute Gasteiger partial charge is 0.223 e. The van der Waals surface area contributed by atoms with Crippen LogP contribution in [-0.2, 0) is 4.79 Å². The van der Waals surface area contributed by atoms with E-state index in [1.165, 1.54) is 5.56 Å². The zero-order valence-corrected chi connectivity index (χ0v) is 11.6. The number of carbonyl (C=O) groups excluding carboxylic acids is 1. The van der Waals surface area contributed by atoms with Gasteiger partial charge in [-0.05, 0) is 18.4 Å². The third kappa shape index (κ3) is 2.39. The van der Waals surface area contributed by atoms with Crippen molar-refractivity contribution in [1.29, 1.82) is 0 Å². The van der Waals surface area contributed by atoms with Gasteiger partial charge in [-0.3, -0.25) is 4.79 Å². The number of likely N-dealkylation sites (tertiary alicyclic amines) is 1. The first-order valence-corrected chi connectivity index (χ1v) is 7.15. The molecule has 16 heavy (non-hydrogen) atoms. The molecular weight excluding hydrogens is 313 g/mol. The van der Waals surface area contributed by atoms with Gasteiger partial charge in [-0.1, -0.05) is 52.9 Å². The molecule has 0 N–H and O–H groups in total. The molecule has 1 saturated heterocycles. The largest absolute Gasteiger partial charge is 0.336 e. The SMILES string of the molecule is C[C@@H](c1ccccc1)N1C[C@@H](CI)CC1=O. The highest BCUT2D eigenvalue weighted by Crippen LogP contribution is 2.28. The van der Waals surface area contributed by atoms with E-state index in [1.807, 2.05) is 23.1 Å². The Morgan fingerprint density at radius 2 is 2.12 bits per heavy atom. The van der Waals surface area contributed by atoms with E-state index in [2.05, 4.69) is 41.6 Å². The predicted molar refractivity (Wildman–Crippen MR) is 73.6 cm³/mol. The van der Waals surface area contributed by atoms with Crippen molar-refractivity contribution in [2.45, 2.75) is 19.4 Å². The molecule has 1 aromatic carbocycles. The molecule has 1 heterocycles.